The van der Waals surface area contributed by atoms with Crippen LogP contribution in [0.3, 0.4) is 0 Å². The van der Waals surface area contributed by atoms with Gasteiger partial charge >= 0.3 is 5.97 Å². The number of ketones is 1. The van der Waals surface area contributed by atoms with Crippen LogP contribution in [0.2, 0.25) is 0 Å². The molecule has 2 heterocycles. The van der Waals surface area contributed by atoms with E-state index in [9.17, 15) is 9.59 Å². The van der Waals surface area contributed by atoms with Crippen molar-refractivity contribution in [1.29, 1.82) is 0 Å². The fourth-order valence-corrected chi connectivity index (χ4v) is 2.22. The Morgan fingerprint density at radius 3 is 2.81 bits per heavy atom. The number of hydrogen-bond acceptors (Lipinski definition) is 6. The summed E-state index contributed by atoms with van der Waals surface area (Å²) in [4.78, 5) is 29.9. The van der Waals surface area contributed by atoms with Crippen molar-refractivity contribution in [3.63, 3.8) is 0 Å². The Kier molecular flexibility index (Phi) is 4.40. The lowest BCUT2D eigenvalue weighted by molar-refractivity contribution is -0.141. The highest BCUT2D eigenvalue weighted by atomic mass is 16.5. The van der Waals surface area contributed by atoms with E-state index in [-0.39, 0.29) is 30.5 Å². The van der Waals surface area contributed by atoms with Crippen LogP contribution in [0.5, 0.6) is 0 Å². The van der Waals surface area contributed by atoms with Gasteiger partial charge in [0.2, 0.25) is 0 Å². The molecule has 0 amide bonds. The second-order valence-corrected chi connectivity index (χ2v) is 5.20. The minimum absolute atomic E-state index is 0.0998. The standard InChI is InChI=1S/C14H20N4O3/c1-5-21-13(20)7-12(19)10-6-11-14(17(3)4)15-9(2)8-18(11)16-10/h6,9H,5,7-8H2,1-4H3. The van der Waals surface area contributed by atoms with Gasteiger partial charge in [0.15, 0.2) is 5.78 Å². The molecule has 1 aliphatic rings. The SMILES string of the molecule is CCOC(=O)CC(=O)c1cc2n(n1)CC(C)N=C2N(C)C. The zero-order valence-electron chi connectivity index (χ0n) is 12.8. The molecule has 0 aromatic carbocycles. The number of rotatable bonds is 4. The van der Waals surface area contributed by atoms with Crippen molar-refractivity contribution in [1.82, 2.24) is 14.7 Å². The van der Waals surface area contributed by atoms with E-state index in [0.29, 0.717) is 6.54 Å². The van der Waals surface area contributed by atoms with Gasteiger partial charge in [-0.2, -0.15) is 5.10 Å². The van der Waals surface area contributed by atoms with Crippen LogP contribution < -0.4 is 0 Å². The number of fused-ring (bicyclic) bond motifs is 1. The zero-order valence-corrected chi connectivity index (χ0v) is 12.8. The number of amidine groups is 1. The van der Waals surface area contributed by atoms with E-state index in [2.05, 4.69) is 10.1 Å². The quantitative estimate of drug-likeness (QED) is 0.464. The number of ether oxygens (including phenoxy) is 1. The van der Waals surface area contributed by atoms with Crippen LogP contribution in [-0.2, 0) is 16.1 Å². The van der Waals surface area contributed by atoms with E-state index >= 15 is 0 Å². The van der Waals surface area contributed by atoms with Gasteiger partial charge in [-0.3, -0.25) is 19.3 Å². The van der Waals surface area contributed by atoms with Crippen LogP contribution in [-0.4, -0.2) is 59.0 Å². The average Bonchev–Trinajstić information content (AvgIpc) is 2.81. The molecule has 1 atom stereocenters. The first-order valence-electron chi connectivity index (χ1n) is 6.94. The molecule has 0 bridgehead atoms. The molecule has 2 rings (SSSR count). The smallest absolute Gasteiger partial charge is 0.313 e. The predicted octanol–water partition coefficient (Wildman–Crippen LogP) is 0.729. The lowest BCUT2D eigenvalue weighted by Gasteiger charge is -2.23. The first-order chi connectivity index (χ1) is 9.92. The summed E-state index contributed by atoms with van der Waals surface area (Å²) in [6.45, 7) is 4.59. The van der Waals surface area contributed by atoms with Gasteiger partial charge < -0.3 is 9.64 Å². The van der Waals surface area contributed by atoms with E-state index < -0.39 is 5.97 Å². The monoisotopic (exact) mass is 292 g/mol. The first kappa shape index (κ1) is 15.2. The minimum Gasteiger partial charge on any atom is -0.466 e. The van der Waals surface area contributed by atoms with Gasteiger partial charge in [-0.05, 0) is 19.9 Å². The van der Waals surface area contributed by atoms with E-state index in [4.69, 9.17) is 4.74 Å². The molecule has 0 fully saturated rings. The van der Waals surface area contributed by atoms with Gasteiger partial charge in [-0.15, -0.1) is 0 Å². The second-order valence-electron chi connectivity index (χ2n) is 5.20. The van der Waals surface area contributed by atoms with E-state index in [1.807, 2.05) is 25.9 Å². The maximum absolute atomic E-state index is 12.1. The van der Waals surface area contributed by atoms with E-state index in [1.165, 1.54) is 0 Å². The van der Waals surface area contributed by atoms with Crippen LogP contribution >= 0.6 is 0 Å². The van der Waals surface area contributed by atoms with Crippen molar-refractivity contribution >= 4 is 17.6 Å². The zero-order chi connectivity index (χ0) is 15.6. The summed E-state index contributed by atoms with van der Waals surface area (Å²) < 4.78 is 6.56. The van der Waals surface area contributed by atoms with E-state index in [1.54, 1.807) is 17.7 Å². The van der Waals surface area contributed by atoms with Crippen molar-refractivity contribution in [2.75, 3.05) is 20.7 Å². The normalized spacial score (nSPS) is 17.0. The molecule has 114 valence electrons. The van der Waals surface area contributed by atoms with Crippen LogP contribution in [0.1, 0.15) is 36.5 Å². The van der Waals surface area contributed by atoms with Gasteiger partial charge in [-0.25, -0.2) is 0 Å². The van der Waals surface area contributed by atoms with Gasteiger partial charge in [0, 0.05) is 14.1 Å². The Labute approximate surface area is 123 Å². The summed E-state index contributed by atoms with van der Waals surface area (Å²) in [5.41, 5.74) is 1.08. The second kappa shape index (κ2) is 6.07. The van der Waals surface area contributed by atoms with Crippen LogP contribution in [0.25, 0.3) is 0 Å². The van der Waals surface area contributed by atoms with Crippen LogP contribution in [0.15, 0.2) is 11.1 Å². The van der Waals surface area contributed by atoms with E-state index in [0.717, 1.165) is 11.5 Å². The summed E-state index contributed by atoms with van der Waals surface area (Å²) in [5.74, 6) is -0.0686. The molecular formula is C14H20N4O3. The molecule has 0 N–H and O–H groups in total. The maximum atomic E-state index is 12.1. The molecule has 7 heteroatoms. The number of aromatic nitrogens is 2. The molecule has 0 saturated heterocycles. The third kappa shape index (κ3) is 3.29. The summed E-state index contributed by atoms with van der Waals surface area (Å²) in [5, 5.41) is 4.30. The molecule has 1 aromatic rings. The molecule has 0 radical (unpaired) electrons. The molecule has 0 saturated carbocycles. The Hall–Kier alpha value is -2.18. The third-order valence-electron chi connectivity index (χ3n) is 3.11. The fraction of sp³-hybridized carbons (Fsp3) is 0.571. The molecule has 21 heavy (non-hydrogen) atoms. The molecular weight excluding hydrogens is 272 g/mol. The van der Waals surface area contributed by atoms with Gasteiger partial charge in [0.25, 0.3) is 0 Å². The topological polar surface area (TPSA) is 76.8 Å². The largest absolute Gasteiger partial charge is 0.466 e. The van der Waals surface area contributed by atoms with Crippen molar-refractivity contribution in [3.05, 3.63) is 17.5 Å². The number of carbonyl (C=O) groups is 2. The highest BCUT2D eigenvalue weighted by molar-refractivity contribution is 6.06. The number of aliphatic imine (C=N–C) groups is 1. The third-order valence-corrected chi connectivity index (χ3v) is 3.11. The van der Waals surface area contributed by atoms with Gasteiger partial charge in [0.05, 0.1) is 19.2 Å². The molecule has 0 spiro atoms. The Morgan fingerprint density at radius 1 is 1.48 bits per heavy atom. The van der Waals surface area contributed by atoms with Crippen molar-refractivity contribution in [2.24, 2.45) is 4.99 Å². The highest BCUT2D eigenvalue weighted by Crippen LogP contribution is 2.16. The number of Topliss-reactive ketones (excluding diaryl/α,β-unsaturated/α-hetero) is 1. The molecule has 1 aromatic heterocycles. The molecule has 0 aliphatic carbocycles. The summed E-state index contributed by atoms with van der Waals surface area (Å²) in [6, 6.07) is 1.79. The summed E-state index contributed by atoms with van der Waals surface area (Å²) >= 11 is 0. The lowest BCUT2D eigenvalue weighted by atomic mass is 10.2. The Morgan fingerprint density at radius 2 is 2.19 bits per heavy atom. The Balaban J connectivity index is 2.23. The number of hydrogen-bond donors (Lipinski definition) is 0. The Bertz CT molecular complexity index is 589. The molecule has 1 aliphatic heterocycles. The number of carbonyl (C=O) groups excluding carboxylic acids is 2. The predicted molar refractivity (Wildman–Crippen MR) is 77.5 cm³/mol. The first-order valence-corrected chi connectivity index (χ1v) is 6.94. The summed E-state index contributed by atoms with van der Waals surface area (Å²) in [7, 11) is 3.79. The van der Waals surface area contributed by atoms with Gasteiger partial charge in [-0.1, -0.05) is 0 Å². The minimum atomic E-state index is -0.525. The van der Waals surface area contributed by atoms with Crippen LogP contribution in [0.4, 0.5) is 0 Å². The summed E-state index contributed by atoms with van der Waals surface area (Å²) in [6.07, 6.45) is -0.283. The van der Waals surface area contributed by atoms with Crippen molar-refractivity contribution in [3.8, 4) is 0 Å². The molecule has 1 unspecified atom stereocenters. The van der Waals surface area contributed by atoms with Crippen molar-refractivity contribution in [2.45, 2.75) is 32.9 Å². The molecule has 7 nitrogen and oxygen atoms in total. The lowest BCUT2D eigenvalue weighted by Crippen LogP contribution is -2.33. The van der Waals surface area contributed by atoms with Gasteiger partial charge in [0.1, 0.15) is 23.6 Å². The fourth-order valence-electron chi connectivity index (χ4n) is 2.22. The highest BCUT2D eigenvalue weighted by Gasteiger charge is 2.25. The van der Waals surface area contributed by atoms with Crippen molar-refractivity contribution < 1.29 is 14.3 Å². The maximum Gasteiger partial charge on any atom is 0.313 e. The number of esters is 1. The average molecular weight is 292 g/mol. The van der Waals surface area contributed by atoms with Crippen LogP contribution in [0, 0.1) is 0 Å². The number of nitrogens with zero attached hydrogens (tertiary/aromatic N) is 4.